The van der Waals surface area contributed by atoms with Crippen LogP contribution >= 0.6 is 0 Å². The van der Waals surface area contributed by atoms with Gasteiger partial charge in [0.25, 0.3) is 0 Å². The highest BCUT2D eigenvalue weighted by atomic mass is 16.4. The molecule has 1 aliphatic heterocycles. The van der Waals surface area contributed by atoms with E-state index >= 15 is 0 Å². The molecule has 2 rings (SSSR count). The second-order valence-corrected chi connectivity index (χ2v) is 4.84. The Kier molecular flexibility index (Phi) is 3.93. The van der Waals surface area contributed by atoms with E-state index in [1.165, 1.54) is 0 Å². The maximum absolute atomic E-state index is 11.8. The Morgan fingerprint density at radius 3 is 2.67 bits per heavy atom. The number of rotatable bonds is 3. The number of piperazine rings is 1. The molecule has 2 heterocycles. The standard InChI is InChI=1S/C11H19N5O2/c1-7-4-16(5-8(2)12-7)6-10(17)13-11-15-14-9(3)18-11/h7-8,12H,4-6H2,1-3H3,(H,13,15,17). The van der Waals surface area contributed by atoms with Crippen molar-refractivity contribution in [3.05, 3.63) is 5.89 Å². The zero-order chi connectivity index (χ0) is 13.1. The summed E-state index contributed by atoms with van der Waals surface area (Å²) in [6.07, 6.45) is 0. The fourth-order valence-corrected chi connectivity index (χ4v) is 2.28. The van der Waals surface area contributed by atoms with Crippen molar-refractivity contribution in [3.63, 3.8) is 0 Å². The Bertz CT molecular complexity index is 409. The Balaban J connectivity index is 1.83. The third-order valence-electron chi connectivity index (χ3n) is 2.77. The highest BCUT2D eigenvalue weighted by molar-refractivity contribution is 5.90. The van der Waals surface area contributed by atoms with Crippen molar-refractivity contribution in [2.24, 2.45) is 0 Å². The fraction of sp³-hybridized carbons (Fsp3) is 0.727. The normalized spacial score (nSPS) is 25.1. The molecule has 0 aromatic carbocycles. The lowest BCUT2D eigenvalue weighted by Gasteiger charge is -2.35. The van der Waals surface area contributed by atoms with Crippen LogP contribution in [0.2, 0.25) is 0 Å². The third kappa shape index (κ3) is 3.51. The molecule has 1 aliphatic rings. The van der Waals surface area contributed by atoms with Crippen LogP contribution in [0.5, 0.6) is 0 Å². The van der Waals surface area contributed by atoms with Gasteiger partial charge >= 0.3 is 6.01 Å². The lowest BCUT2D eigenvalue weighted by atomic mass is 10.1. The van der Waals surface area contributed by atoms with E-state index in [0.29, 0.717) is 24.5 Å². The highest BCUT2D eigenvalue weighted by Gasteiger charge is 2.22. The molecule has 1 aromatic rings. The van der Waals surface area contributed by atoms with Gasteiger partial charge in [0.2, 0.25) is 11.8 Å². The van der Waals surface area contributed by atoms with E-state index in [9.17, 15) is 4.79 Å². The molecule has 7 heteroatoms. The van der Waals surface area contributed by atoms with Crippen LogP contribution in [0.3, 0.4) is 0 Å². The first-order valence-corrected chi connectivity index (χ1v) is 6.11. The predicted molar refractivity (Wildman–Crippen MR) is 66.2 cm³/mol. The van der Waals surface area contributed by atoms with Crippen molar-refractivity contribution in [3.8, 4) is 0 Å². The molecule has 0 radical (unpaired) electrons. The van der Waals surface area contributed by atoms with Gasteiger partial charge in [-0.05, 0) is 13.8 Å². The summed E-state index contributed by atoms with van der Waals surface area (Å²) in [5.41, 5.74) is 0. The van der Waals surface area contributed by atoms with Crippen molar-refractivity contribution in [2.75, 3.05) is 25.0 Å². The summed E-state index contributed by atoms with van der Waals surface area (Å²) in [5.74, 6) is 0.315. The van der Waals surface area contributed by atoms with Crippen LogP contribution in [-0.2, 0) is 4.79 Å². The van der Waals surface area contributed by atoms with Gasteiger partial charge in [-0.15, -0.1) is 5.10 Å². The second-order valence-electron chi connectivity index (χ2n) is 4.84. The average Bonchev–Trinajstić information content (AvgIpc) is 2.61. The number of aromatic nitrogens is 2. The first-order valence-electron chi connectivity index (χ1n) is 6.11. The monoisotopic (exact) mass is 253 g/mol. The van der Waals surface area contributed by atoms with Gasteiger partial charge < -0.3 is 9.73 Å². The molecule has 0 bridgehead atoms. The molecule has 1 fully saturated rings. The Hall–Kier alpha value is -1.47. The summed E-state index contributed by atoms with van der Waals surface area (Å²) in [5, 5.41) is 13.4. The maximum atomic E-state index is 11.8. The summed E-state index contributed by atoms with van der Waals surface area (Å²) in [7, 11) is 0. The number of nitrogens with one attached hydrogen (secondary N) is 2. The van der Waals surface area contributed by atoms with Crippen LogP contribution in [0.1, 0.15) is 19.7 Å². The van der Waals surface area contributed by atoms with E-state index in [-0.39, 0.29) is 11.9 Å². The van der Waals surface area contributed by atoms with Crippen LogP contribution in [0.4, 0.5) is 6.01 Å². The molecule has 100 valence electrons. The van der Waals surface area contributed by atoms with Gasteiger partial charge in [-0.3, -0.25) is 15.0 Å². The van der Waals surface area contributed by atoms with Gasteiger partial charge in [-0.25, -0.2) is 0 Å². The smallest absolute Gasteiger partial charge is 0.322 e. The zero-order valence-electron chi connectivity index (χ0n) is 10.9. The van der Waals surface area contributed by atoms with Crippen LogP contribution in [0.25, 0.3) is 0 Å². The van der Waals surface area contributed by atoms with Gasteiger partial charge in [-0.1, -0.05) is 5.10 Å². The molecule has 0 spiro atoms. The first-order chi connectivity index (χ1) is 8.52. The van der Waals surface area contributed by atoms with Crippen molar-refractivity contribution in [1.29, 1.82) is 0 Å². The number of hydrogen-bond acceptors (Lipinski definition) is 6. The van der Waals surface area contributed by atoms with Gasteiger partial charge in [0.15, 0.2) is 0 Å². The summed E-state index contributed by atoms with van der Waals surface area (Å²) >= 11 is 0. The second kappa shape index (κ2) is 5.45. The summed E-state index contributed by atoms with van der Waals surface area (Å²) in [6, 6.07) is 0.952. The number of amides is 1. The summed E-state index contributed by atoms with van der Waals surface area (Å²) in [4.78, 5) is 13.9. The quantitative estimate of drug-likeness (QED) is 0.789. The van der Waals surface area contributed by atoms with Crippen LogP contribution < -0.4 is 10.6 Å². The van der Waals surface area contributed by atoms with Crippen molar-refractivity contribution in [1.82, 2.24) is 20.4 Å². The van der Waals surface area contributed by atoms with Crippen LogP contribution in [0.15, 0.2) is 4.42 Å². The predicted octanol–water partition coefficient (Wildman–Crippen LogP) is -0.00128. The Labute approximate surface area is 106 Å². The Morgan fingerprint density at radius 2 is 2.11 bits per heavy atom. The minimum absolute atomic E-state index is 0.125. The summed E-state index contributed by atoms with van der Waals surface area (Å²) < 4.78 is 5.10. The van der Waals surface area contributed by atoms with Gasteiger partial charge in [0, 0.05) is 32.1 Å². The molecule has 1 aromatic heterocycles. The van der Waals surface area contributed by atoms with E-state index in [2.05, 4.69) is 39.6 Å². The molecular formula is C11H19N5O2. The fourth-order valence-electron chi connectivity index (χ4n) is 2.28. The van der Waals surface area contributed by atoms with Gasteiger partial charge in [-0.2, -0.15) is 0 Å². The topological polar surface area (TPSA) is 83.3 Å². The Morgan fingerprint density at radius 1 is 1.44 bits per heavy atom. The van der Waals surface area contributed by atoms with E-state index in [0.717, 1.165) is 13.1 Å². The third-order valence-corrected chi connectivity index (χ3v) is 2.77. The molecule has 1 saturated heterocycles. The van der Waals surface area contributed by atoms with Crippen molar-refractivity contribution in [2.45, 2.75) is 32.9 Å². The molecule has 7 nitrogen and oxygen atoms in total. The lowest BCUT2D eigenvalue weighted by Crippen LogP contribution is -2.55. The van der Waals surface area contributed by atoms with Crippen molar-refractivity contribution >= 4 is 11.9 Å². The zero-order valence-corrected chi connectivity index (χ0v) is 10.9. The van der Waals surface area contributed by atoms with Crippen LogP contribution in [0, 0.1) is 6.92 Å². The van der Waals surface area contributed by atoms with Gasteiger partial charge in [0.05, 0.1) is 6.54 Å². The van der Waals surface area contributed by atoms with E-state index < -0.39 is 0 Å². The van der Waals surface area contributed by atoms with E-state index in [4.69, 9.17) is 4.42 Å². The molecule has 1 amide bonds. The first kappa shape index (κ1) is 13.0. The number of hydrogen-bond donors (Lipinski definition) is 2. The minimum Gasteiger partial charge on any atom is -0.408 e. The molecule has 0 aliphatic carbocycles. The summed E-state index contributed by atoms with van der Waals surface area (Å²) in [6.45, 7) is 7.98. The molecule has 2 atom stereocenters. The van der Waals surface area contributed by atoms with E-state index in [1.54, 1.807) is 6.92 Å². The number of aryl methyl sites for hydroxylation is 1. The average molecular weight is 253 g/mol. The molecular weight excluding hydrogens is 234 g/mol. The minimum atomic E-state index is -0.125. The SMILES string of the molecule is Cc1nnc(NC(=O)CN2CC(C)NC(C)C2)o1. The maximum Gasteiger partial charge on any atom is 0.322 e. The van der Waals surface area contributed by atoms with Gasteiger partial charge in [0.1, 0.15) is 0 Å². The lowest BCUT2D eigenvalue weighted by molar-refractivity contribution is -0.117. The number of carbonyl (C=O) groups excluding carboxylic acids is 1. The number of nitrogens with zero attached hydrogens (tertiary/aromatic N) is 3. The number of anilines is 1. The largest absolute Gasteiger partial charge is 0.408 e. The molecule has 2 unspecified atom stereocenters. The molecule has 18 heavy (non-hydrogen) atoms. The molecule has 2 N–H and O–H groups in total. The van der Waals surface area contributed by atoms with E-state index in [1.807, 2.05) is 0 Å². The van der Waals surface area contributed by atoms with Crippen LogP contribution in [-0.4, -0.2) is 52.7 Å². The number of carbonyl (C=O) groups is 1. The highest BCUT2D eigenvalue weighted by Crippen LogP contribution is 2.06. The molecule has 0 saturated carbocycles. The van der Waals surface area contributed by atoms with Crippen molar-refractivity contribution < 1.29 is 9.21 Å².